The molecule has 1 aromatic heterocycles. The number of amidine groups is 1. The van der Waals surface area contributed by atoms with Crippen LogP contribution in [-0.2, 0) is 17.8 Å². The van der Waals surface area contributed by atoms with Crippen LogP contribution in [0.1, 0.15) is 28.4 Å². The Morgan fingerprint density at radius 2 is 1.54 bits per heavy atom. The van der Waals surface area contributed by atoms with E-state index in [0.717, 1.165) is 0 Å². The number of ether oxygens (including phenoxy) is 1. The first kappa shape index (κ1) is 17.9. The van der Waals surface area contributed by atoms with Gasteiger partial charge in [-0.1, -0.05) is 48.5 Å². The Morgan fingerprint density at radius 3 is 2.11 bits per heavy atom. The second-order valence-corrected chi connectivity index (χ2v) is 6.54. The Hall–Kier alpha value is -3.47. The van der Waals surface area contributed by atoms with Gasteiger partial charge in [-0.3, -0.25) is 9.78 Å². The Bertz CT molecular complexity index is 968. The van der Waals surface area contributed by atoms with Gasteiger partial charge in [0.1, 0.15) is 0 Å². The number of hydrogen-bond donors (Lipinski definition) is 0. The lowest BCUT2D eigenvalue weighted by Crippen LogP contribution is -2.32. The smallest absolute Gasteiger partial charge is 0.296 e. The standard InChI is InChI=1S/C23H21N3O2/c1-2-28-23(25-22(27)17-11-13-24-14-12-17)26-15-18-7-3-5-9-20(18)21-10-6-4-8-19(21)16-26/h3-14H,2,15-16H2,1H3/b25-23-. The molecular formula is C23H21N3O2. The summed E-state index contributed by atoms with van der Waals surface area (Å²) in [6, 6.07) is 20.3. The maximum atomic E-state index is 12.6. The van der Waals surface area contributed by atoms with Crippen LogP contribution in [0.15, 0.2) is 78.0 Å². The van der Waals surface area contributed by atoms with Crippen LogP contribution in [0.25, 0.3) is 11.1 Å². The van der Waals surface area contributed by atoms with Gasteiger partial charge < -0.3 is 9.64 Å². The molecule has 0 bridgehead atoms. The molecule has 0 fully saturated rings. The van der Waals surface area contributed by atoms with Gasteiger partial charge in [-0.05, 0) is 41.3 Å². The molecule has 2 heterocycles. The fourth-order valence-electron chi connectivity index (χ4n) is 3.41. The molecule has 2 aromatic carbocycles. The minimum Gasteiger partial charge on any atom is -0.465 e. The van der Waals surface area contributed by atoms with E-state index in [1.54, 1.807) is 24.5 Å². The van der Waals surface area contributed by atoms with Gasteiger partial charge >= 0.3 is 0 Å². The third-order valence-corrected chi connectivity index (χ3v) is 4.72. The quantitative estimate of drug-likeness (QED) is 0.498. The zero-order valence-corrected chi connectivity index (χ0v) is 15.7. The summed E-state index contributed by atoms with van der Waals surface area (Å²) in [7, 11) is 0. The summed E-state index contributed by atoms with van der Waals surface area (Å²) >= 11 is 0. The normalized spacial score (nSPS) is 13.3. The third kappa shape index (κ3) is 3.64. The molecule has 3 aromatic rings. The van der Waals surface area contributed by atoms with Crippen LogP contribution in [0.3, 0.4) is 0 Å². The van der Waals surface area contributed by atoms with Gasteiger partial charge in [0.2, 0.25) is 0 Å². The number of pyridine rings is 1. The number of amides is 1. The average molecular weight is 371 g/mol. The molecule has 28 heavy (non-hydrogen) atoms. The first-order chi connectivity index (χ1) is 13.8. The van der Waals surface area contributed by atoms with Crippen molar-refractivity contribution in [3.05, 3.63) is 89.7 Å². The monoisotopic (exact) mass is 371 g/mol. The molecule has 4 rings (SSSR count). The first-order valence-corrected chi connectivity index (χ1v) is 9.33. The number of hydrogen-bond acceptors (Lipinski definition) is 3. The summed E-state index contributed by atoms with van der Waals surface area (Å²) < 4.78 is 5.80. The maximum absolute atomic E-state index is 12.6. The van der Waals surface area contributed by atoms with Crippen molar-refractivity contribution >= 4 is 11.9 Å². The number of carbonyl (C=O) groups is 1. The predicted octanol–water partition coefficient (Wildman–Crippen LogP) is 4.30. The summed E-state index contributed by atoms with van der Waals surface area (Å²) in [5.41, 5.74) is 5.25. The molecule has 5 heteroatoms. The van der Waals surface area contributed by atoms with E-state index in [0.29, 0.717) is 31.3 Å². The summed E-state index contributed by atoms with van der Waals surface area (Å²) in [5.74, 6) is -0.336. The van der Waals surface area contributed by atoms with E-state index in [1.165, 1.54) is 22.3 Å². The van der Waals surface area contributed by atoms with Gasteiger partial charge in [0.05, 0.1) is 6.61 Å². The second kappa shape index (κ2) is 8.05. The summed E-state index contributed by atoms with van der Waals surface area (Å²) in [4.78, 5) is 22.9. The fourth-order valence-corrected chi connectivity index (χ4v) is 3.41. The summed E-state index contributed by atoms with van der Waals surface area (Å²) in [5, 5.41) is 0. The molecule has 0 N–H and O–H groups in total. The van der Waals surface area contributed by atoms with Crippen LogP contribution in [0.4, 0.5) is 0 Å². The first-order valence-electron chi connectivity index (χ1n) is 9.33. The zero-order valence-electron chi connectivity index (χ0n) is 15.7. The molecule has 1 aliphatic rings. The van der Waals surface area contributed by atoms with Crippen molar-refractivity contribution in [1.82, 2.24) is 9.88 Å². The van der Waals surface area contributed by atoms with Crippen molar-refractivity contribution < 1.29 is 9.53 Å². The van der Waals surface area contributed by atoms with Crippen LogP contribution in [0.5, 0.6) is 0 Å². The lowest BCUT2D eigenvalue weighted by atomic mass is 9.97. The number of fused-ring (bicyclic) bond motifs is 3. The Balaban J connectivity index is 1.74. The van der Waals surface area contributed by atoms with E-state index in [1.807, 2.05) is 24.0 Å². The van der Waals surface area contributed by atoms with E-state index in [-0.39, 0.29) is 5.91 Å². The van der Waals surface area contributed by atoms with Crippen LogP contribution in [-0.4, -0.2) is 28.4 Å². The predicted molar refractivity (Wildman–Crippen MR) is 109 cm³/mol. The maximum Gasteiger partial charge on any atom is 0.296 e. The molecule has 0 atom stereocenters. The van der Waals surface area contributed by atoms with Crippen molar-refractivity contribution in [2.24, 2.45) is 4.99 Å². The highest BCUT2D eigenvalue weighted by atomic mass is 16.5. The van der Waals surface area contributed by atoms with Crippen molar-refractivity contribution in [1.29, 1.82) is 0 Å². The highest BCUT2D eigenvalue weighted by Crippen LogP contribution is 2.32. The second-order valence-electron chi connectivity index (χ2n) is 6.54. The van der Waals surface area contributed by atoms with Crippen molar-refractivity contribution in [3.8, 4) is 11.1 Å². The topological polar surface area (TPSA) is 54.8 Å². The SMILES string of the molecule is CCO/C(=N\C(=O)c1ccncc1)N1Cc2ccccc2-c2ccccc2C1. The summed E-state index contributed by atoms with van der Waals surface area (Å²) in [6.07, 6.45) is 3.17. The minimum atomic E-state index is -0.336. The number of benzene rings is 2. The fraction of sp³-hybridized carbons (Fsp3) is 0.174. The largest absolute Gasteiger partial charge is 0.465 e. The van der Waals surface area contributed by atoms with E-state index in [4.69, 9.17) is 4.74 Å². The Morgan fingerprint density at radius 1 is 0.964 bits per heavy atom. The lowest BCUT2D eigenvalue weighted by Gasteiger charge is -2.24. The molecule has 0 aliphatic carbocycles. The van der Waals surface area contributed by atoms with Crippen molar-refractivity contribution in [2.45, 2.75) is 20.0 Å². The molecule has 5 nitrogen and oxygen atoms in total. The number of rotatable bonds is 2. The number of nitrogens with zero attached hydrogens (tertiary/aromatic N) is 3. The van der Waals surface area contributed by atoms with Crippen molar-refractivity contribution in [3.63, 3.8) is 0 Å². The average Bonchev–Trinajstić information content (AvgIpc) is 2.91. The zero-order chi connectivity index (χ0) is 19.3. The van der Waals surface area contributed by atoms with Gasteiger partial charge in [-0.15, -0.1) is 0 Å². The number of aliphatic imine (C=N–C) groups is 1. The molecule has 140 valence electrons. The molecular weight excluding hydrogens is 350 g/mol. The molecule has 0 saturated heterocycles. The molecule has 0 spiro atoms. The number of aromatic nitrogens is 1. The highest BCUT2D eigenvalue weighted by molar-refractivity contribution is 6.01. The van der Waals surface area contributed by atoms with E-state index in [2.05, 4.69) is 46.4 Å². The van der Waals surface area contributed by atoms with Crippen LogP contribution in [0.2, 0.25) is 0 Å². The Kier molecular flexibility index (Phi) is 5.15. The van der Waals surface area contributed by atoms with Gasteiger partial charge in [0.25, 0.3) is 11.9 Å². The van der Waals surface area contributed by atoms with Crippen LogP contribution < -0.4 is 0 Å². The molecule has 0 saturated carbocycles. The highest BCUT2D eigenvalue weighted by Gasteiger charge is 2.23. The Labute approximate surface area is 164 Å². The number of carbonyl (C=O) groups excluding carboxylic acids is 1. The van der Waals surface area contributed by atoms with E-state index >= 15 is 0 Å². The van der Waals surface area contributed by atoms with Gasteiger partial charge in [0, 0.05) is 31.0 Å². The van der Waals surface area contributed by atoms with Crippen LogP contribution >= 0.6 is 0 Å². The summed E-state index contributed by atoms with van der Waals surface area (Å²) in [6.45, 7) is 3.56. The van der Waals surface area contributed by atoms with Crippen molar-refractivity contribution in [2.75, 3.05) is 6.61 Å². The molecule has 0 unspecified atom stereocenters. The molecule has 1 aliphatic heterocycles. The lowest BCUT2D eigenvalue weighted by molar-refractivity contribution is 0.0993. The minimum absolute atomic E-state index is 0.336. The molecule has 1 amide bonds. The van der Waals surface area contributed by atoms with E-state index < -0.39 is 0 Å². The van der Waals surface area contributed by atoms with Gasteiger partial charge in [-0.25, -0.2) is 0 Å². The third-order valence-electron chi connectivity index (χ3n) is 4.72. The van der Waals surface area contributed by atoms with E-state index in [9.17, 15) is 4.79 Å². The molecule has 0 radical (unpaired) electrons. The van der Waals surface area contributed by atoms with Gasteiger partial charge in [0.15, 0.2) is 0 Å². The van der Waals surface area contributed by atoms with Crippen LogP contribution in [0, 0.1) is 0 Å². The van der Waals surface area contributed by atoms with Gasteiger partial charge in [-0.2, -0.15) is 4.99 Å².